The van der Waals surface area contributed by atoms with Crippen molar-refractivity contribution in [3.8, 4) is 5.75 Å². The first-order chi connectivity index (χ1) is 11.5. The molecule has 2 aromatic rings. The zero-order chi connectivity index (χ0) is 17.7. The van der Waals surface area contributed by atoms with E-state index in [9.17, 15) is 9.59 Å². The fourth-order valence-corrected chi connectivity index (χ4v) is 2.71. The Kier molecular flexibility index (Phi) is 6.06. The Hall–Kier alpha value is -2.24. The van der Waals surface area contributed by atoms with Gasteiger partial charge in [-0.15, -0.1) is 0 Å². The lowest BCUT2D eigenvalue weighted by molar-refractivity contribution is 0.0600. The van der Waals surface area contributed by atoms with Crippen LogP contribution in [0.4, 0.5) is 0 Å². The van der Waals surface area contributed by atoms with E-state index in [1.165, 1.54) is 19.2 Å². The predicted molar refractivity (Wildman–Crippen MR) is 92.0 cm³/mol. The average Bonchev–Trinajstić information content (AvgIpc) is 2.58. The second kappa shape index (κ2) is 8.04. The van der Waals surface area contributed by atoms with Crippen molar-refractivity contribution < 1.29 is 19.1 Å². The van der Waals surface area contributed by atoms with Gasteiger partial charge in [0.15, 0.2) is 0 Å². The number of benzene rings is 2. The van der Waals surface area contributed by atoms with Crippen LogP contribution in [0.3, 0.4) is 0 Å². The van der Waals surface area contributed by atoms with Crippen molar-refractivity contribution in [3.63, 3.8) is 0 Å². The molecule has 0 atom stereocenters. The minimum absolute atomic E-state index is 0.0326. The molecule has 0 saturated carbocycles. The molecule has 1 amide bonds. The van der Waals surface area contributed by atoms with Crippen LogP contribution in [0.25, 0.3) is 0 Å². The first kappa shape index (κ1) is 18.1. The summed E-state index contributed by atoms with van der Waals surface area (Å²) in [5, 5.41) is 2.87. The van der Waals surface area contributed by atoms with Crippen LogP contribution < -0.4 is 10.1 Å². The van der Waals surface area contributed by atoms with E-state index >= 15 is 0 Å². The Balaban J connectivity index is 2.14. The molecule has 0 aliphatic heterocycles. The SMILES string of the molecule is COC(=O)c1c(Cl)cc(C(=O)NCc2cccc(OC)c2)cc1Cl. The molecule has 0 heterocycles. The molecule has 0 fully saturated rings. The van der Waals surface area contributed by atoms with Crippen LogP contribution in [0.15, 0.2) is 36.4 Å². The van der Waals surface area contributed by atoms with Gasteiger partial charge in [-0.2, -0.15) is 0 Å². The molecule has 2 rings (SSSR count). The highest BCUT2D eigenvalue weighted by Crippen LogP contribution is 2.27. The van der Waals surface area contributed by atoms with Crippen molar-refractivity contribution in [2.75, 3.05) is 14.2 Å². The van der Waals surface area contributed by atoms with E-state index in [4.69, 9.17) is 27.9 Å². The lowest BCUT2D eigenvalue weighted by Gasteiger charge is -2.10. The van der Waals surface area contributed by atoms with Gasteiger partial charge in [0.1, 0.15) is 5.75 Å². The standard InChI is InChI=1S/C17H15Cl2NO4/c1-23-12-5-3-4-10(6-12)9-20-16(21)11-7-13(18)15(14(19)8-11)17(22)24-2/h3-8H,9H2,1-2H3,(H,20,21). The van der Waals surface area contributed by atoms with Crippen LogP contribution in [0.1, 0.15) is 26.3 Å². The molecule has 7 heteroatoms. The molecule has 0 bridgehead atoms. The Bertz CT molecular complexity index is 754. The van der Waals surface area contributed by atoms with Gasteiger partial charge in [-0.05, 0) is 29.8 Å². The zero-order valence-electron chi connectivity index (χ0n) is 13.1. The number of halogens is 2. The zero-order valence-corrected chi connectivity index (χ0v) is 14.6. The minimum atomic E-state index is -0.659. The van der Waals surface area contributed by atoms with Crippen LogP contribution in [-0.2, 0) is 11.3 Å². The van der Waals surface area contributed by atoms with Crippen LogP contribution in [0.2, 0.25) is 10.0 Å². The smallest absolute Gasteiger partial charge is 0.340 e. The summed E-state index contributed by atoms with van der Waals surface area (Å²) in [6.07, 6.45) is 0. The minimum Gasteiger partial charge on any atom is -0.497 e. The van der Waals surface area contributed by atoms with Crippen molar-refractivity contribution in [1.29, 1.82) is 0 Å². The highest BCUT2D eigenvalue weighted by atomic mass is 35.5. The Morgan fingerprint density at radius 1 is 1.08 bits per heavy atom. The number of amides is 1. The molecule has 24 heavy (non-hydrogen) atoms. The van der Waals surface area contributed by atoms with Crippen molar-refractivity contribution in [1.82, 2.24) is 5.32 Å². The summed E-state index contributed by atoms with van der Waals surface area (Å²) in [7, 11) is 2.80. The number of rotatable bonds is 5. The Morgan fingerprint density at radius 3 is 2.33 bits per heavy atom. The lowest BCUT2D eigenvalue weighted by Crippen LogP contribution is -2.23. The molecule has 1 N–H and O–H groups in total. The number of nitrogens with one attached hydrogen (secondary N) is 1. The monoisotopic (exact) mass is 367 g/mol. The van der Waals surface area contributed by atoms with Crippen LogP contribution >= 0.6 is 23.2 Å². The molecule has 0 unspecified atom stereocenters. The number of carbonyl (C=O) groups excluding carboxylic acids is 2. The third kappa shape index (κ3) is 4.19. The van der Waals surface area contributed by atoms with Gasteiger partial charge in [0.05, 0.1) is 29.8 Å². The maximum atomic E-state index is 12.3. The van der Waals surface area contributed by atoms with Crippen molar-refractivity contribution in [3.05, 3.63) is 63.1 Å². The van der Waals surface area contributed by atoms with E-state index in [0.717, 1.165) is 5.56 Å². The van der Waals surface area contributed by atoms with E-state index in [1.807, 2.05) is 24.3 Å². The molecular formula is C17H15Cl2NO4. The number of carbonyl (C=O) groups is 2. The van der Waals surface area contributed by atoms with Crippen LogP contribution in [0.5, 0.6) is 5.75 Å². The van der Waals surface area contributed by atoms with Gasteiger partial charge < -0.3 is 14.8 Å². The summed E-state index contributed by atoms with van der Waals surface area (Å²) < 4.78 is 9.74. The van der Waals surface area contributed by atoms with E-state index in [1.54, 1.807) is 7.11 Å². The van der Waals surface area contributed by atoms with E-state index in [2.05, 4.69) is 10.1 Å². The summed E-state index contributed by atoms with van der Waals surface area (Å²) in [4.78, 5) is 23.9. The number of esters is 1. The summed E-state index contributed by atoms with van der Waals surface area (Å²) >= 11 is 12.1. The van der Waals surface area contributed by atoms with Gasteiger partial charge in [0, 0.05) is 12.1 Å². The summed E-state index contributed by atoms with van der Waals surface area (Å²) in [5.74, 6) is -0.318. The second-order valence-corrected chi connectivity index (χ2v) is 5.66. The molecule has 5 nitrogen and oxygen atoms in total. The molecule has 2 aromatic carbocycles. The van der Waals surface area contributed by atoms with E-state index in [-0.39, 0.29) is 27.1 Å². The normalized spacial score (nSPS) is 10.2. The van der Waals surface area contributed by atoms with Crippen molar-refractivity contribution in [2.45, 2.75) is 6.54 Å². The maximum absolute atomic E-state index is 12.3. The number of hydrogen-bond donors (Lipinski definition) is 1. The van der Waals surface area contributed by atoms with E-state index in [0.29, 0.717) is 12.3 Å². The predicted octanol–water partition coefficient (Wildman–Crippen LogP) is 3.72. The largest absolute Gasteiger partial charge is 0.497 e. The summed E-state index contributed by atoms with van der Waals surface area (Å²) in [6.45, 7) is 0.310. The topological polar surface area (TPSA) is 64.6 Å². The van der Waals surface area contributed by atoms with Crippen LogP contribution in [-0.4, -0.2) is 26.1 Å². The number of hydrogen-bond acceptors (Lipinski definition) is 4. The maximum Gasteiger partial charge on any atom is 0.340 e. The number of ether oxygens (including phenoxy) is 2. The van der Waals surface area contributed by atoms with Gasteiger partial charge >= 0.3 is 5.97 Å². The molecule has 0 saturated heterocycles. The fourth-order valence-electron chi connectivity index (χ4n) is 2.07. The quantitative estimate of drug-likeness (QED) is 0.817. The average molecular weight is 368 g/mol. The molecular weight excluding hydrogens is 353 g/mol. The van der Waals surface area contributed by atoms with Gasteiger partial charge in [-0.1, -0.05) is 35.3 Å². The Morgan fingerprint density at radius 2 is 1.75 bits per heavy atom. The summed E-state index contributed by atoms with van der Waals surface area (Å²) in [5.41, 5.74) is 1.16. The van der Waals surface area contributed by atoms with Gasteiger partial charge in [-0.25, -0.2) is 4.79 Å². The third-order valence-corrected chi connectivity index (χ3v) is 3.88. The summed E-state index contributed by atoms with van der Waals surface area (Å²) in [6, 6.07) is 10.1. The van der Waals surface area contributed by atoms with Crippen molar-refractivity contribution in [2.24, 2.45) is 0 Å². The lowest BCUT2D eigenvalue weighted by atomic mass is 10.1. The molecule has 0 aromatic heterocycles. The Labute approximate surface area is 149 Å². The molecule has 0 aliphatic rings. The molecule has 0 aliphatic carbocycles. The first-order valence-corrected chi connectivity index (χ1v) is 7.70. The van der Waals surface area contributed by atoms with Gasteiger partial charge in [-0.3, -0.25) is 4.79 Å². The fraction of sp³-hybridized carbons (Fsp3) is 0.176. The van der Waals surface area contributed by atoms with Gasteiger partial charge in [0.2, 0.25) is 0 Å². The van der Waals surface area contributed by atoms with Crippen LogP contribution in [0, 0.1) is 0 Å². The first-order valence-electron chi connectivity index (χ1n) is 6.94. The highest BCUT2D eigenvalue weighted by molar-refractivity contribution is 6.39. The molecule has 0 radical (unpaired) electrons. The van der Waals surface area contributed by atoms with Gasteiger partial charge in [0.25, 0.3) is 5.91 Å². The molecule has 126 valence electrons. The third-order valence-electron chi connectivity index (χ3n) is 3.28. The van der Waals surface area contributed by atoms with Crippen molar-refractivity contribution >= 4 is 35.1 Å². The number of methoxy groups -OCH3 is 2. The second-order valence-electron chi connectivity index (χ2n) is 4.84. The molecule has 0 spiro atoms. The van der Waals surface area contributed by atoms with E-state index < -0.39 is 5.97 Å². The highest BCUT2D eigenvalue weighted by Gasteiger charge is 2.18.